The molecule has 1 aliphatic heterocycles. The Morgan fingerprint density at radius 2 is 2.28 bits per heavy atom. The number of carbonyl (C=O) groups is 1. The van der Waals surface area contributed by atoms with Crippen molar-refractivity contribution < 1.29 is 9.21 Å². The van der Waals surface area contributed by atoms with Crippen LogP contribution in [-0.4, -0.2) is 47.0 Å². The van der Waals surface area contributed by atoms with Crippen molar-refractivity contribution in [1.82, 2.24) is 14.9 Å². The predicted octanol–water partition coefficient (Wildman–Crippen LogP) is 3.14. The molecule has 4 rings (SSSR count). The van der Waals surface area contributed by atoms with E-state index < -0.39 is 0 Å². The van der Waals surface area contributed by atoms with Crippen molar-refractivity contribution in [1.29, 1.82) is 0 Å². The van der Waals surface area contributed by atoms with E-state index in [4.69, 9.17) is 4.42 Å². The number of amides is 1. The first-order valence-electron chi connectivity index (χ1n) is 8.63. The minimum absolute atomic E-state index is 0.0307. The molecular formula is C19H22N4O2. The molecule has 6 nitrogen and oxygen atoms in total. The zero-order chi connectivity index (χ0) is 17.4. The Balaban J connectivity index is 1.59. The topological polar surface area (TPSA) is 65.4 Å². The molecular weight excluding hydrogens is 316 g/mol. The van der Waals surface area contributed by atoms with Crippen LogP contribution in [0.4, 0.5) is 5.69 Å². The number of likely N-dealkylation sites (N-methyl/N-ethyl adjacent to an activating group) is 1. The van der Waals surface area contributed by atoms with Gasteiger partial charge in [-0.1, -0.05) is 6.92 Å². The summed E-state index contributed by atoms with van der Waals surface area (Å²) in [4.78, 5) is 24.3. The zero-order valence-electron chi connectivity index (χ0n) is 14.5. The summed E-state index contributed by atoms with van der Waals surface area (Å²) in [5, 5.41) is 1.10. The average Bonchev–Trinajstić information content (AvgIpc) is 3.32. The lowest BCUT2D eigenvalue weighted by Crippen LogP contribution is -2.52. The van der Waals surface area contributed by atoms with E-state index in [0.29, 0.717) is 18.2 Å². The molecule has 1 amide bonds. The maximum atomic E-state index is 12.6. The van der Waals surface area contributed by atoms with Crippen LogP contribution in [0, 0.1) is 5.92 Å². The second-order valence-electron chi connectivity index (χ2n) is 6.74. The molecule has 25 heavy (non-hydrogen) atoms. The number of piperidine rings is 1. The standard InChI is InChI=1S/C19H22N4O2/c1-13-7-10-23(19(24)17-4-3-11-25-17)12-16(13)22(2)15-6-9-21-18-14(15)5-8-20-18/h3-6,8-9,11,13,16H,7,10,12H2,1-2H3,(H,20,21). The molecule has 1 N–H and O–H groups in total. The summed E-state index contributed by atoms with van der Waals surface area (Å²) in [6.45, 7) is 3.71. The zero-order valence-corrected chi connectivity index (χ0v) is 14.5. The molecule has 2 unspecified atom stereocenters. The van der Waals surface area contributed by atoms with Crippen LogP contribution in [0.1, 0.15) is 23.9 Å². The number of fused-ring (bicyclic) bond motifs is 1. The van der Waals surface area contributed by atoms with Crippen molar-refractivity contribution in [3.8, 4) is 0 Å². The predicted molar refractivity (Wildman–Crippen MR) is 96.7 cm³/mol. The molecule has 0 spiro atoms. The average molecular weight is 338 g/mol. The first-order chi connectivity index (χ1) is 12.1. The van der Waals surface area contributed by atoms with Crippen molar-refractivity contribution in [3.63, 3.8) is 0 Å². The highest BCUT2D eigenvalue weighted by Gasteiger charge is 2.33. The van der Waals surface area contributed by atoms with Crippen molar-refractivity contribution in [2.75, 3.05) is 25.0 Å². The number of likely N-dealkylation sites (tertiary alicyclic amines) is 1. The molecule has 130 valence electrons. The molecule has 1 aliphatic rings. The molecule has 1 saturated heterocycles. The van der Waals surface area contributed by atoms with Gasteiger partial charge in [-0.05, 0) is 36.6 Å². The largest absolute Gasteiger partial charge is 0.459 e. The number of furan rings is 1. The van der Waals surface area contributed by atoms with E-state index in [1.165, 1.54) is 0 Å². The van der Waals surface area contributed by atoms with Crippen LogP contribution in [0.15, 0.2) is 47.3 Å². The van der Waals surface area contributed by atoms with Gasteiger partial charge in [-0.3, -0.25) is 4.79 Å². The van der Waals surface area contributed by atoms with Gasteiger partial charge in [-0.15, -0.1) is 0 Å². The van der Waals surface area contributed by atoms with Gasteiger partial charge < -0.3 is 19.2 Å². The Morgan fingerprint density at radius 3 is 3.08 bits per heavy atom. The van der Waals surface area contributed by atoms with Gasteiger partial charge in [-0.2, -0.15) is 0 Å². The first-order valence-corrected chi connectivity index (χ1v) is 8.63. The first kappa shape index (κ1) is 15.7. The van der Waals surface area contributed by atoms with Crippen LogP contribution in [-0.2, 0) is 0 Å². The minimum Gasteiger partial charge on any atom is -0.459 e. The molecule has 6 heteroatoms. The van der Waals surface area contributed by atoms with Gasteiger partial charge in [0.2, 0.25) is 0 Å². The van der Waals surface area contributed by atoms with E-state index in [0.717, 1.165) is 29.7 Å². The second-order valence-corrected chi connectivity index (χ2v) is 6.74. The molecule has 4 heterocycles. The number of aromatic nitrogens is 2. The number of aromatic amines is 1. The van der Waals surface area contributed by atoms with Gasteiger partial charge >= 0.3 is 0 Å². The normalized spacial score (nSPS) is 20.8. The number of pyridine rings is 1. The molecule has 0 radical (unpaired) electrons. The highest BCUT2D eigenvalue weighted by atomic mass is 16.3. The summed E-state index contributed by atoms with van der Waals surface area (Å²) >= 11 is 0. The third-order valence-electron chi connectivity index (χ3n) is 5.25. The monoisotopic (exact) mass is 338 g/mol. The van der Waals surface area contributed by atoms with Gasteiger partial charge in [0.1, 0.15) is 5.65 Å². The van der Waals surface area contributed by atoms with Gasteiger partial charge in [0.15, 0.2) is 5.76 Å². The number of H-pyrrole nitrogens is 1. The Morgan fingerprint density at radius 1 is 1.40 bits per heavy atom. The summed E-state index contributed by atoms with van der Waals surface area (Å²) in [5.74, 6) is 0.873. The Bertz CT molecular complexity index is 871. The summed E-state index contributed by atoms with van der Waals surface area (Å²) in [7, 11) is 2.10. The molecule has 0 aliphatic carbocycles. The molecule has 0 aromatic carbocycles. The minimum atomic E-state index is -0.0307. The van der Waals surface area contributed by atoms with E-state index in [1.807, 2.05) is 29.4 Å². The fourth-order valence-electron chi connectivity index (χ4n) is 3.73. The second kappa shape index (κ2) is 6.27. The van der Waals surface area contributed by atoms with Gasteiger partial charge in [0.25, 0.3) is 5.91 Å². The Kier molecular flexibility index (Phi) is 3.95. The molecule has 0 saturated carbocycles. The van der Waals surface area contributed by atoms with Crippen LogP contribution in [0.3, 0.4) is 0 Å². The fourth-order valence-corrected chi connectivity index (χ4v) is 3.73. The molecule has 2 atom stereocenters. The van der Waals surface area contributed by atoms with Crippen molar-refractivity contribution in [2.24, 2.45) is 5.92 Å². The Hall–Kier alpha value is -2.76. The molecule has 0 bridgehead atoms. The molecule has 3 aromatic rings. The number of hydrogen-bond donors (Lipinski definition) is 1. The summed E-state index contributed by atoms with van der Waals surface area (Å²) in [5.41, 5.74) is 2.02. The number of anilines is 1. The molecule has 1 fully saturated rings. The summed E-state index contributed by atoms with van der Waals surface area (Å²) in [6, 6.07) is 7.81. The van der Waals surface area contributed by atoms with E-state index in [1.54, 1.807) is 18.4 Å². The quantitative estimate of drug-likeness (QED) is 0.797. The number of hydrogen-bond acceptors (Lipinski definition) is 4. The van der Waals surface area contributed by atoms with Crippen LogP contribution in [0.5, 0.6) is 0 Å². The van der Waals surface area contributed by atoms with Crippen LogP contribution < -0.4 is 4.90 Å². The third-order valence-corrected chi connectivity index (χ3v) is 5.25. The fraction of sp³-hybridized carbons (Fsp3) is 0.368. The van der Waals surface area contributed by atoms with E-state index in [9.17, 15) is 4.79 Å². The van der Waals surface area contributed by atoms with E-state index in [2.05, 4.69) is 28.8 Å². The van der Waals surface area contributed by atoms with Gasteiger partial charge in [0, 0.05) is 49.6 Å². The third kappa shape index (κ3) is 2.77. The van der Waals surface area contributed by atoms with Crippen LogP contribution in [0.2, 0.25) is 0 Å². The number of nitrogens with zero attached hydrogens (tertiary/aromatic N) is 3. The molecule has 3 aromatic heterocycles. The van der Waals surface area contributed by atoms with Crippen molar-refractivity contribution >= 4 is 22.6 Å². The lowest BCUT2D eigenvalue weighted by molar-refractivity contribution is 0.0638. The van der Waals surface area contributed by atoms with Crippen LogP contribution in [0.25, 0.3) is 11.0 Å². The highest BCUT2D eigenvalue weighted by molar-refractivity contribution is 5.92. The number of carbonyl (C=O) groups excluding carboxylic acids is 1. The number of nitrogens with one attached hydrogen (secondary N) is 1. The maximum Gasteiger partial charge on any atom is 0.289 e. The van der Waals surface area contributed by atoms with Gasteiger partial charge in [0.05, 0.1) is 6.26 Å². The maximum absolute atomic E-state index is 12.6. The SMILES string of the molecule is CC1CCN(C(=O)c2ccco2)CC1N(C)c1ccnc2[nH]ccc12. The van der Waals surface area contributed by atoms with E-state index >= 15 is 0 Å². The lowest BCUT2D eigenvalue weighted by atomic mass is 9.91. The summed E-state index contributed by atoms with van der Waals surface area (Å²) in [6.07, 6.45) is 6.25. The smallest absolute Gasteiger partial charge is 0.289 e. The van der Waals surface area contributed by atoms with Crippen molar-refractivity contribution in [3.05, 3.63) is 48.7 Å². The lowest BCUT2D eigenvalue weighted by Gasteiger charge is -2.42. The number of rotatable bonds is 3. The van der Waals surface area contributed by atoms with E-state index in [-0.39, 0.29) is 11.9 Å². The van der Waals surface area contributed by atoms with Crippen molar-refractivity contribution in [2.45, 2.75) is 19.4 Å². The highest BCUT2D eigenvalue weighted by Crippen LogP contribution is 2.30. The Labute approximate surface area is 146 Å². The van der Waals surface area contributed by atoms with Crippen LogP contribution >= 0.6 is 0 Å². The van der Waals surface area contributed by atoms with Gasteiger partial charge in [-0.25, -0.2) is 4.98 Å². The summed E-state index contributed by atoms with van der Waals surface area (Å²) < 4.78 is 5.29.